The lowest BCUT2D eigenvalue weighted by atomic mass is 10.1. The van der Waals surface area contributed by atoms with E-state index < -0.39 is 31.8 Å². The minimum Gasteiger partial charge on any atom is -0.323 e. The van der Waals surface area contributed by atoms with Crippen molar-refractivity contribution in [3.05, 3.63) is 155 Å². The maximum absolute atomic E-state index is 13.5. The molecular weight excluding hydrogens is 772 g/mol. The van der Waals surface area contributed by atoms with E-state index in [1.807, 2.05) is 31.2 Å². The van der Waals surface area contributed by atoms with Crippen molar-refractivity contribution in [3.8, 4) is 0 Å². The summed E-state index contributed by atoms with van der Waals surface area (Å²) in [6, 6.07) is 25.5. The van der Waals surface area contributed by atoms with Crippen LogP contribution in [0.1, 0.15) is 16.7 Å². The number of amides is 2. The van der Waals surface area contributed by atoms with Gasteiger partial charge in [0.1, 0.15) is 5.82 Å². The van der Waals surface area contributed by atoms with Crippen LogP contribution < -0.4 is 20.1 Å². The van der Waals surface area contributed by atoms with Gasteiger partial charge in [-0.05, 0) is 79.2 Å². The molecule has 12 nitrogen and oxygen atoms in total. The zero-order valence-corrected chi connectivity index (χ0v) is 31.5. The summed E-state index contributed by atoms with van der Waals surface area (Å²) >= 11 is 2.36. The van der Waals surface area contributed by atoms with Crippen molar-refractivity contribution in [1.82, 2.24) is 9.97 Å². The van der Waals surface area contributed by atoms with Crippen molar-refractivity contribution in [2.24, 2.45) is 0 Å². The Bertz CT molecular complexity index is 2470. The third kappa shape index (κ3) is 11.8. The molecule has 54 heavy (non-hydrogen) atoms. The summed E-state index contributed by atoms with van der Waals surface area (Å²) in [6.45, 7) is 1.98. The van der Waals surface area contributed by atoms with Crippen LogP contribution in [0.2, 0.25) is 0 Å². The Morgan fingerprint density at radius 1 is 0.648 bits per heavy atom. The lowest BCUT2D eigenvalue weighted by Crippen LogP contribution is -2.13. The second kappa shape index (κ2) is 18.2. The number of aryl methyl sites for hydroxylation is 1. The lowest BCUT2D eigenvalue weighted by molar-refractivity contribution is -0.112. The first-order valence-electron chi connectivity index (χ1n) is 15.7. The number of carbonyl (C=O) groups is 2. The van der Waals surface area contributed by atoms with Crippen LogP contribution >= 0.6 is 22.7 Å². The molecule has 6 aromatic rings. The Labute approximate surface area is 319 Å². The number of nitrogens with one attached hydrogen (secondary N) is 4. The van der Waals surface area contributed by atoms with Crippen LogP contribution in [0.15, 0.2) is 142 Å². The number of anilines is 4. The van der Waals surface area contributed by atoms with Crippen molar-refractivity contribution in [2.45, 2.75) is 16.7 Å². The van der Waals surface area contributed by atoms with Gasteiger partial charge < -0.3 is 10.6 Å². The summed E-state index contributed by atoms with van der Waals surface area (Å²) in [5.74, 6) is -1.19. The highest BCUT2D eigenvalue weighted by atomic mass is 32.2. The predicted octanol–water partition coefficient (Wildman–Crippen LogP) is 7.64. The number of rotatable bonds is 12. The highest BCUT2D eigenvalue weighted by Crippen LogP contribution is 2.21. The van der Waals surface area contributed by atoms with E-state index in [2.05, 4.69) is 30.0 Å². The molecule has 0 bridgehead atoms. The molecule has 0 aliphatic carbocycles. The molecular formula is C37H31FN6O6S4. The minimum absolute atomic E-state index is 0.0394. The van der Waals surface area contributed by atoms with Gasteiger partial charge in [-0.25, -0.2) is 31.2 Å². The Kier molecular flexibility index (Phi) is 13.2. The maximum atomic E-state index is 13.5. The molecule has 0 aliphatic rings. The zero-order chi connectivity index (χ0) is 38.6. The number of hydrogen-bond donors (Lipinski definition) is 4. The highest BCUT2D eigenvalue weighted by molar-refractivity contribution is 7.93. The molecule has 0 saturated carbocycles. The molecule has 0 unspecified atom stereocenters. The van der Waals surface area contributed by atoms with Crippen LogP contribution in [0, 0.1) is 12.7 Å². The average molecular weight is 803 g/mol. The number of carbonyl (C=O) groups excluding carboxylic acids is 2. The zero-order valence-electron chi connectivity index (χ0n) is 28.2. The van der Waals surface area contributed by atoms with Gasteiger partial charge in [-0.2, -0.15) is 0 Å². The molecule has 0 atom stereocenters. The van der Waals surface area contributed by atoms with Gasteiger partial charge in [0.05, 0.1) is 9.79 Å². The van der Waals surface area contributed by atoms with Crippen LogP contribution in [-0.2, 0) is 29.6 Å². The van der Waals surface area contributed by atoms with Crippen LogP contribution in [0.5, 0.6) is 0 Å². The van der Waals surface area contributed by atoms with Gasteiger partial charge in [0.2, 0.25) is 11.8 Å². The Hall–Kier alpha value is -6.01. The average Bonchev–Trinajstić information content (AvgIpc) is 3.86. The maximum Gasteiger partial charge on any atom is 0.263 e. The monoisotopic (exact) mass is 802 g/mol. The largest absolute Gasteiger partial charge is 0.323 e. The fraction of sp³-hybridized carbons (Fsp3) is 0.0270. The van der Waals surface area contributed by atoms with Gasteiger partial charge in [0, 0.05) is 52.2 Å². The van der Waals surface area contributed by atoms with Gasteiger partial charge in [0.15, 0.2) is 10.3 Å². The molecule has 0 spiro atoms. The summed E-state index contributed by atoms with van der Waals surface area (Å²) in [5, 5.41) is 9.19. The quantitative estimate of drug-likeness (QED) is 0.0913. The van der Waals surface area contributed by atoms with E-state index in [0.717, 1.165) is 11.1 Å². The van der Waals surface area contributed by atoms with Crippen molar-refractivity contribution in [2.75, 3.05) is 20.1 Å². The predicted molar refractivity (Wildman–Crippen MR) is 212 cm³/mol. The van der Waals surface area contributed by atoms with E-state index in [9.17, 15) is 30.8 Å². The molecule has 276 valence electrons. The van der Waals surface area contributed by atoms with Crippen molar-refractivity contribution < 1.29 is 30.8 Å². The van der Waals surface area contributed by atoms with E-state index in [4.69, 9.17) is 0 Å². The second-order valence-corrected chi connectivity index (χ2v) is 16.2. The molecule has 0 aliphatic heterocycles. The van der Waals surface area contributed by atoms with E-state index >= 15 is 0 Å². The molecule has 4 N–H and O–H groups in total. The van der Waals surface area contributed by atoms with Crippen LogP contribution in [0.25, 0.3) is 12.2 Å². The summed E-state index contributed by atoms with van der Waals surface area (Å²) in [6.07, 6.45) is 8.73. The van der Waals surface area contributed by atoms with Gasteiger partial charge in [-0.15, -0.1) is 22.7 Å². The molecule has 17 heteroatoms. The number of hydrogen-bond acceptors (Lipinski definition) is 10. The molecule has 6 rings (SSSR count). The van der Waals surface area contributed by atoms with E-state index in [1.54, 1.807) is 35.0 Å². The van der Waals surface area contributed by atoms with Crippen molar-refractivity contribution in [1.29, 1.82) is 0 Å². The molecule has 0 fully saturated rings. The molecule has 0 radical (unpaired) electrons. The first-order chi connectivity index (χ1) is 25.9. The topological polar surface area (TPSA) is 176 Å². The van der Waals surface area contributed by atoms with Gasteiger partial charge in [-0.1, -0.05) is 48.0 Å². The minimum atomic E-state index is -3.75. The third-order valence-electron chi connectivity index (χ3n) is 6.96. The van der Waals surface area contributed by atoms with E-state index in [-0.39, 0.29) is 20.8 Å². The fourth-order valence-corrected chi connectivity index (χ4v) is 8.00. The standard InChI is InChI=1S/C19H17N3O3S2.C18H14FN3O3S2/c1-14-3-2-4-15(13-14)5-10-18(23)21-16-6-8-17(9-7-16)27(24,25)22-19-20-11-12-26-19;19-16-4-2-1-3-13(16)5-10-17(23)21-14-6-8-15(9-7-14)27(24,25)22-18-20-11-12-26-18/h2-13H,1H3,(H,20,22)(H,21,23);1-12H,(H,20,22)(H,21,23)/b2*10-5+. The number of benzene rings is 4. The second-order valence-electron chi connectivity index (χ2n) is 11.0. The third-order valence-corrected chi connectivity index (χ3v) is 11.3. The highest BCUT2D eigenvalue weighted by Gasteiger charge is 2.16. The molecule has 4 aromatic carbocycles. The number of thiazole rings is 2. The molecule has 0 saturated heterocycles. The van der Waals surface area contributed by atoms with Crippen molar-refractivity contribution in [3.63, 3.8) is 0 Å². The van der Waals surface area contributed by atoms with Crippen LogP contribution in [-0.4, -0.2) is 38.6 Å². The summed E-state index contributed by atoms with van der Waals surface area (Å²) in [7, 11) is -7.46. The molecule has 2 amide bonds. The summed E-state index contributed by atoms with van der Waals surface area (Å²) < 4.78 is 67.3. The van der Waals surface area contributed by atoms with Crippen molar-refractivity contribution >= 4 is 88.3 Å². The Morgan fingerprint density at radius 2 is 1.15 bits per heavy atom. The summed E-state index contributed by atoms with van der Waals surface area (Å²) in [5.41, 5.74) is 3.25. The SMILES string of the molecule is Cc1cccc(/C=C/C(=O)Nc2ccc(S(=O)(=O)Nc3nccs3)cc2)c1.O=C(/C=C/c1ccccc1F)Nc1ccc(S(=O)(=O)Nc2nccs2)cc1. The molecule has 2 aromatic heterocycles. The van der Waals surface area contributed by atoms with Gasteiger partial charge in [-0.3, -0.25) is 19.0 Å². The number of aromatic nitrogens is 2. The van der Waals surface area contributed by atoms with Crippen LogP contribution in [0.3, 0.4) is 0 Å². The number of sulfonamides is 2. The Balaban J connectivity index is 0.000000208. The first-order valence-corrected chi connectivity index (χ1v) is 20.4. The smallest absolute Gasteiger partial charge is 0.263 e. The number of nitrogens with zero attached hydrogens (tertiary/aromatic N) is 2. The normalized spacial score (nSPS) is 11.4. The van der Waals surface area contributed by atoms with E-state index in [1.165, 1.54) is 108 Å². The summed E-state index contributed by atoms with van der Waals surface area (Å²) in [4.78, 5) is 31.9. The molecule has 2 heterocycles. The van der Waals surface area contributed by atoms with Gasteiger partial charge >= 0.3 is 0 Å². The number of halogens is 1. The van der Waals surface area contributed by atoms with E-state index in [0.29, 0.717) is 22.1 Å². The van der Waals surface area contributed by atoms with Gasteiger partial charge in [0.25, 0.3) is 20.0 Å². The van der Waals surface area contributed by atoms with Crippen LogP contribution in [0.4, 0.5) is 26.0 Å². The fourth-order valence-electron chi connectivity index (χ4n) is 4.42. The Morgan fingerprint density at radius 3 is 1.61 bits per heavy atom. The first kappa shape index (κ1) is 39.2. The lowest BCUT2D eigenvalue weighted by Gasteiger charge is -2.07.